The van der Waals surface area contributed by atoms with Gasteiger partial charge in [0.25, 0.3) is 0 Å². The summed E-state index contributed by atoms with van der Waals surface area (Å²) in [7, 11) is 1.85. The highest BCUT2D eigenvalue weighted by Gasteiger charge is 2.17. The molecule has 0 spiro atoms. The molecule has 0 bridgehead atoms. The van der Waals surface area contributed by atoms with E-state index >= 15 is 0 Å². The SMILES string of the molecule is Cn1nc(N2CCNCC2)cc1-c1ccccc1F. The first-order chi connectivity index (χ1) is 9.25. The fraction of sp³-hybridized carbons (Fsp3) is 0.357. The van der Waals surface area contributed by atoms with Gasteiger partial charge in [-0.3, -0.25) is 4.68 Å². The minimum Gasteiger partial charge on any atom is -0.353 e. The summed E-state index contributed by atoms with van der Waals surface area (Å²) in [5.41, 5.74) is 1.41. The molecular weight excluding hydrogens is 243 g/mol. The van der Waals surface area contributed by atoms with Crippen LogP contribution in [-0.2, 0) is 7.05 Å². The van der Waals surface area contributed by atoms with Crippen molar-refractivity contribution in [3.63, 3.8) is 0 Å². The number of rotatable bonds is 2. The standard InChI is InChI=1S/C14H17FN4/c1-18-13(11-4-2-3-5-12(11)15)10-14(17-18)19-8-6-16-7-9-19/h2-5,10,16H,6-9H2,1H3. The fourth-order valence-corrected chi connectivity index (χ4v) is 2.42. The molecule has 1 aromatic carbocycles. The van der Waals surface area contributed by atoms with Crippen LogP contribution >= 0.6 is 0 Å². The Morgan fingerprint density at radius 1 is 1.21 bits per heavy atom. The molecule has 19 heavy (non-hydrogen) atoms. The van der Waals surface area contributed by atoms with E-state index in [1.807, 2.05) is 19.2 Å². The van der Waals surface area contributed by atoms with Crippen LogP contribution in [0.1, 0.15) is 0 Å². The first-order valence-corrected chi connectivity index (χ1v) is 6.50. The second-order valence-electron chi connectivity index (χ2n) is 4.73. The zero-order valence-electron chi connectivity index (χ0n) is 10.9. The number of aromatic nitrogens is 2. The number of hydrogen-bond donors (Lipinski definition) is 1. The molecule has 100 valence electrons. The maximum Gasteiger partial charge on any atom is 0.151 e. The minimum atomic E-state index is -0.211. The molecule has 3 rings (SSSR count). The largest absolute Gasteiger partial charge is 0.353 e. The number of halogens is 1. The summed E-state index contributed by atoms with van der Waals surface area (Å²) >= 11 is 0. The van der Waals surface area contributed by atoms with Gasteiger partial charge in [0.05, 0.1) is 5.69 Å². The molecule has 5 heteroatoms. The van der Waals surface area contributed by atoms with E-state index in [0.717, 1.165) is 37.7 Å². The molecule has 0 aliphatic carbocycles. The summed E-state index contributed by atoms with van der Waals surface area (Å²) in [6.45, 7) is 3.80. The van der Waals surface area contributed by atoms with Crippen molar-refractivity contribution in [3.8, 4) is 11.3 Å². The van der Waals surface area contributed by atoms with Gasteiger partial charge in [-0.2, -0.15) is 5.10 Å². The van der Waals surface area contributed by atoms with Gasteiger partial charge in [0.2, 0.25) is 0 Å². The lowest BCUT2D eigenvalue weighted by atomic mass is 10.1. The molecule has 2 heterocycles. The number of piperazine rings is 1. The van der Waals surface area contributed by atoms with Crippen molar-refractivity contribution in [3.05, 3.63) is 36.1 Å². The summed E-state index contributed by atoms with van der Waals surface area (Å²) in [5.74, 6) is 0.708. The Bertz CT molecular complexity index is 573. The third kappa shape index (κ3) is 2.33. The summed E-state index contributed by atoms with van der Waals surface area (Å²) in [6.07, 6.45) is 0. The van der Waals surface area contributed by atoms with Crippen molar-refractivity contribution in [1.29, 1.82) is 0 Å². The van der Waals surface area contributed by atoms with Crippen molar-refractivity contribution >= 4 is 5.82 Å². The lowest BCUT2D eigenvalue weighted by molar-refractivity contribution is 0.581. The Morgan fingerprint density at radius 2 is 1.95 bits per heavy atom. The normalized spacial score (nSPS) is 15.8. The van der Waals surface area contributed by atoms with E-state index in [1.54, 1.807) is 16.8 Å². The van der Waals surface area contributed by atoms with E-state index in [2.05, 4.69) is 15.3 Å². The van der Waals surface area contributed by atoms with Crippen LogP contribution in [0.5, 0.6) is 0 Å². The lowest BCUT2D eigenvalue weighted by Crippen LogP contribution is -2.43. The van der Waals surface area contributed by atoms with Crippen molar-refractivity contribution in [2.24, 2.45) is 7.05 Å². The molecular formula is C14H17FN4. The van der Waals surface area contributed by atoms with E-state index in [1.165, 1.54) is 6.07 Å². The first kappa shape index (κ1) is 12.2. The fourth-order valence-electron chi connectivity index (χ4n) is 2.42. The average molecular weight is 260 g/mol. The third-order valence-electron chi connectivity index (χ3n) is 3.46. The smallest absolute Gasteiger partial charge is 0.151 e. The van der Waals surface area contributed by atoms with Crippen molar-refractivity contribution in [2.75, 3.05) is 31.1 Å². The van der Waals surface area contributed by atoms with Gasteiger partial charge in [0, 0.05) is 44.9 Å². The highest BCUT2D eigenvalue weighted by molar-refractivity contribution is 5.64. The van der Waals surface area contributed by atoms with Gasteiger partial charge in [-0.25, -0.2) is 4.39 Å². The van der Waals surface area contributed by atoms with Crippen molar-refractivity contribution < 1.29 is 4.39 Å². The number of hydrogen-bond acceptors (Lipinski definition) is 3. The van der Waals surface area contributed by atoms with Crippen LogP contribution < -0.4 is 10.2 Å². The average Bonchev–Trinajstić information content (AvgIpc) is 2.82. The Morgan fingerprint density at radius 3 is 2.68 bits per heavy atom. The van der Waals surface area contributed by atoms with E-state index in [9.17, 15) is 4.39 Å². The third-order valence-corrected chi connectivity index (χ3v) is 3.46. The summed E-state index contributed by atoms with van der Waals surface area (Å²) in [4.78, 5) is 2.22. The number of nitrogens with one attached hydrogen (secondary N) is 1. The van der Waals surface area contributed by atoms with Gasteiger partial charge in [-0.05, 0) is 12.1 Å². The van der Waals surface area contributed by atoms with Gasteiger partial charge in [0.15, 0.2) is 5.82 Å². The first-order valence-electron chi connectivity index (χ1n) is 6.50. The Balaban J connectivity index is 1.95. The Hall–Kier alpha value is -1.88. The summed E-state index contributed by atoms with van der Waals surface area (Å²) in [6, 6.07) is 8.77. The van der Waals surface area contributed by atoms with Crippen LogP contribution in [-0.4, -0.2) is 36.0 Å². The highest BCUT2D eigenvalue weighted by Crippen LogP contribution is 2.26. The molecule has 0 radical (unpaired) electrons. The molecule has 1 aromatic heterocycles. The van der Waals surface area contributed by atoms with E-state index in [0.29, 0.717) is 5.56 Å². The maximum absolute atomic E-state index is 13.8. The summed E-state index contributed by atoms with van der Waals surface area (Å²) in [5, 5.41) is 7.81. The highest BCUT2D eigenvalue weighted by atomic mass is 19.1. The van der Waals surface area contributed by atoms with Crippen LogP contribution in [0.15, 0.2) is 30.3 Å². The van der Waals surface area contributed by atoms with Gasteiger partial charge in [-0.15, -0.1) is 0 Å². The van der Waals surface area contributed by atoms with Gasteiger partial charge < -0.3 is 10.2 Å². The molecule has 2 aromatic rings. The number of nitrogens with zero attached hydrogens (tertiary/aromatic N) is 3. The van der Waals surface area contributed by atoms with Gasteiger partial charge in [-0.1, -0.05) is 12.1 Å². The van der Waals surface area contributed by atoms with Crippen molar-refractivity contribution in [1.82, 2.24) is 15.1 Å². The molecule has 0 amide bonds. The molecule has 1 fully saturated rings. The van der Waals surface area contributed by atoms with Crippen LogP contribution in [0.25, 0.3) is 11.3 Å². The number of benzene rings is 1. The number of anilines is 1. The molecule has 0 saturated carbocycles. The molecule has 0 atom stereocenters. The zero-order chi connectivity index (χ0) is 13.2. The second kappa shape index (κ2) is 5.01. The topological polar surface area (TPSA) is 33.1 Å². The van der Waals surface area contributed by atoms with Gasteiger partial charge in [0.1, 0.15) is 5.82 Å². The Kier molecular flexibility index (Phi) is 3.21. The molecule has 1 aliphatic heterocycles. The minimum absolute atomic E-state index is 0.211. The lowest BCUT2D eigenvalue weighted by Gasteiger charge is -2.27. The van der Waals surface area contributed by atoms with Crippen LogP contribution in [0.2, 0.25) is 0 Å². The predicted molar refractivity (Wildman–Crippen MR) is 73.7 cm³/mol. The molecule has 4 nitrogen and oxygen atoms in total. The van der Waals surface area contributed by atoms with Crippen LogP contribution in [0, 0.1) is 5.82 Å². The monoisotopic (exact) mass is 260 g/mol. The molecule has 1 N–H and O–H groups in total. The van der Waals surface area contributed by atoms with E-state index in [4.69, 9.17) is 0 Å². The van der Waals surface area contributed by atoms with E-state index in [-0.39, 0.29) is 5.82 Å². The predicted octanol–water partition coefficient (Wildman–Crippen LogP) is 1.64. The van der Waals surface area contributed by atoms with E-state index < -0.39 is 0 Å². The van der Waals surface area contributed by atoms with Gasteiger partial charge >= 0.3 is 0 Å². The van der Waals surface area contributed by atoms with Crippen molar-refractivity contribution in [2.45, 2.75) is 0 Å². The Labute approximate surface area is 111 Å². The zero-order valence-corrected chi connectivity index (χ0v) is 10.9. The maximum atomic E-state index is 13.8. The quantitative estimate of drug-likeness (QED) is 0.891. The molecule has 1 saturated heterocycles. The summed E-state index contributed by atoms with van der Waals surface area (Å²) < 4.78 is 15.6. The van der Waals surface area contributed by atoms with Crippen LogP contribution in [0.4, 0.5) is 10.2 Å². The molecule has 1 aliphatic rings. The molecule has 0 unspecified atom stereocenters. The second-order valence-corrected chi connectivity index (χ2v) is 4.73. The van der Waals surface area contributed by atoms with Crippen LogP contribution in [0.3, 0.4) is 0 Å². The number of aryl methyl sites for hydroxylation is 1.